The molecule has 164 valence electrons. The fourth-order valence-electron chi connectivity index (χ4n) is 3.57. The monoisotopic (exact) mass is 445 g/mol. The van der Waals surface area contributed by atoms with Gasteiger partial charge in [0.2, 0.25) is 10.0 Å². The second kappa shape index (κ2) is 9.51. The van der Waals surface area contributed by atoms with Crippen LogP contribution in [-0.4, -0.2) is 18.2 Å². The maximum Gasteiger partial charge on any atom is 0.240 e. The Bertz CT molecular complexity index is 1260. The van der Waals surface area contributed by atoms with Crippen LogP contribution in [0.3, 0.4) is 0 Å². The van der Waals surface area contributed by atoms with Gasteiger partial charge in [-0.1, -0.05) is 86.6 Å². The van der Waals surface area contributed by atoms with Crippen molar-refractivity contribution in [2.45, 2.75) is 37.8 Å². The van der Waals surface area contributed by atoms with Gasteiger partial charge in [-0.05, 0) is 29.2 Å². The van der Waals surface area contributed by atoms with Gasteiger partial charge in [0.25, 0.3) is 0 Å². The molecule has 0 bridgehead atoms. The molecule has 0 amide bonds. The largest absolute Gasteiger partial charge is 0.267 e. The van der Waals surface area contributed by atoms with Gasteiger partial charge in [-0.2, -0.15) is 5.10 Å². The zero-order valence-corrected chi connectivity index (χ0v) is 19.1. The van der Waals surface area contributed by atoms with Crippen LogP contribution < -0.4 is 4.72 Å². The number of rotatable bonds is 8. The van der Waals surface area contributed by atoms with Gasteiger partial charge in [0.15, 0.2) is 0 Å². The van der Waals surface area contributed by atoms with Crippen molar-refractivity contribution in [2.75, 3.05) is 0 Å². The van der Waals surface area contributed by atoms with Crippen LogP contribution in [0.15, 0.2) is 96.0 Å². The molecule has 1 heterocycles. The summed E-state index contributed by atoms with van der Waals surface area (Å²) in [6, 6.07) is 27.0. The Balaban J connectivity index is 1.59. The molecule has 32 heavy (non-hydrogen) atoms. The SMILES string of the molecule is CC(C)c1ccc(S(=O)(=O)NCc2cn(Cc3ccccc3)nc2-c2ccccc2)cc1. The Hall–Kier alpha value is -3.22. The van der Waals surface area contributed by atoms with Crippen LogP contribution in [0.2, 0.25) is 0 Å². The second-order valence-electron chi connectivity index (χ2n) is 8.10. The average Bonchev–Trinajstić information content (AvgIpc) is 3.22. The van der Waals surface area contributed by atoms with Gasteiger partial charge < -0.3 is 0 Å². The standard InChI is InChI=1S/C26H27N3O2S/c1-20(2)22-13-15-25(16-14-22)32(30,31)27-17-24-19-29(18-21-9-5-3-6-10-21)28-26(24)23-11-7-4-8-12-23/h3-16,19-20,27H,17-18H2,1-2H3. The molecule has 0 unspecified atom stereocenters. The number of nitrogens with zero attached hydrogens (tertiary/aromatic N) is 2. The maximum absolute atomic E-state index is 12.9. The molecular weight excluding hydrogens is 418 g/mol. The van der Waals surface area contributed by atoms with Crippen molar-refractivity contribution in [1.29, 1.82) is 0 Å². The first kappa shape index (κ1) is 22.0. The quantitative estimate of drug-likeness (QED) is 0.405. The maximum atomic E-state index is 12.9. The molecule has 0 fully saturated rings. The van der Waals surface area contributed by atoms with E-state index in [9.17, 15) is 8.42 Å². The summed E-state index contributed by atoms with van der Waals surface area (Å²) < 4.78 is 30.4. The van der Waals surface area contributed by atoms with Gasteiger partial charge in [-0.15, -0.1) is 0 Å². The van der Waals surface area contributed by atoms with E-state index in [1.54, 1.807) is 12.1 Å². The van der Waals surface area contributed by atoms with Crippen LogP contribution in [0.25, 0.3) is 11.3 Å². The van der Waals surface area contributed by atoms with Gasteiger partial charge in [0, 0.05) is 23.9 Å². The van der Waals surface area contributed by atoms with E-state index in [2.05, 4.69) is 18.6 Å². The fourth-order valence-corrected chi connectivity index (χ4v) is 4.58. The summed E-state index contributed by atoms with van der Waals surface area (Å²) in [5.41, 5.74) is 4.80. The number of benzene rings is 3. The molecule has 0 aliphatic carbocycles. The Kier molecular flexibility index (Phi) is 6.53. The molecule has 4 aromatic rings. The molecule has 0 saturated carbocycles. The van der Waals surface area contributed by atoms with E-state index < -0.39 is 10.0 Å². The summed E-state index contributed by atoms with van der Waals surface area (Å²) in [6.45, 7) is 4.94. The number of hydrogen-bond acceptors (Lipinski definition) is 3. The normalized spacial score (nSPS) is 11.7. The molecule has 6 heteroatoms. The molecule has 3 aromatic carbocycles. The van der Waals surface area contributed by atoms with Crippen LogP contribution in [0, 0.1) is 0 Å². The lowest BCUT2D eigenvalue weighted by Gasteiger charge is -2.09. The van der Waals surface area contributed by atoms with Crippen molar-refractivity contribution in [3.63, 3.8) is 0 Å². The molecule has 5 nitrogen and oxygen atoms in total. The highest BCUT2D eigenvalue weighted by Crippen LogP contribution is 2.23. The molecule has 0 radical (unpaired) electrons. The highest BCUT2D eigenvalue weighted by atomic mass is 32.2. The van der Waals surface area contributed by atoms with E-state index >= 15 is 0 Å². The van der Waals surface area contributed by atoms with Gasteiger partial charge in [-0.25, -0.2) is 13.1 Å². The first-order valence-electron chi connectivity index (χ1n) is 10.7. The predicted octanol–water partition coefficient (Wildman–Crippen LogP) is 5.20. The number of hydrogen-bond donors (Lipinski definition) is 1. The molecule has 0 saturated heterocycles. The highest BCUT2D eigenvalue weighted by molar-refractivity contribution is 7.89. The van der Waals surface area contributed by atoms with Crippen molar-refractivity contribution in [3.05, 3.63) is 108 Å². The van der Waals surface area contributed by atoms with E-state index in [4.69, 9.17) is 5.10 Å². The van der Waals surface area contributed by atoms with Gasteiger partial charge >= 0.3 is 0 Å². The van der Waals surface area contributed by atoms with Crippen molar-refractivity contribution in [3.8, 4) is 11.3 Å². The third-order valence-electron chi connectivity index (χ3n) is 5.38. The summed E-state index contributed by atoms with van der Waals surface area (Å²) >= 11 is 0. The number of aromatic nitrogens is 2. The summed E-state index contributed by atoms with van der Waals surface area (Å²) in [4.78, 5) is 0.264. The number of sulfonamides is 1. The smallest absolute Gasteiger partial charge is 0.240 e. The topological polar surface area (TPSA) is 64.0 Å². The Morgan fingerprint density at radius 2 is 1.50 bits per heavy atom. The molecule has 0 aliphatic heterocycles. The first-order chi connectivity index (χ1) is 15.4. The second-order valence-corrected chi connectivity index (χ2v) is 9.87. The lowest BCUT2D eigenvalue weighted by atomic mass is 10.0. The van der Waals surface area contributed by atoms with Crippen LogP contribution in [0.4, 0.5) is 0 Å². The van der Waals surface area contributed by atoms with Crippen LogP contribution in [0.5, 0.6) is 0 Å². The summed E-state index contributed by atoms with van der Waals surface area (Å²) in [6.07, 6.45) is 1.92. The van der Waals surface area contributed by atoms with Crippen LogP contribution in [-0.2, 0) is 23.1 Å². The average molecular weight is 446 g/mol. The Morgan fingerprint density at radius 3 is 2.12 bits per heavy atom. The van der Waals surface area contributed by atoms with E-state index in [-0.39, 0.29) is 11.4 Å². The minimum absolute atomic E-state index is 0.160. The fraction of sp³-hybridized carbons (Fsp3) is 0.192. The zero-order valence-electron chi connectivity index (χ0n) is 18.3. The van der Waals surface area contributed by atoms with Crippen molar-refractivity contribution in [1.82, 2.24) is 14.5 Å². The van der Waals surface area contributed by atoms with E-state index in [0.29, 0.717) is 12.5 Å². The van der Waals surface area contributed by atoms with Gasteiger partial charge in [-0.3, -0.25) is 4.68 Å². The predicted molar refractivity (Wildman–Crippen MR) is 128 cm³/mol. The third kappa shape index (κ3) is 5.15. The van der Waals surface area contributed by atoms with E-state index in [1.807, 2.05) is 83.7 Å². The Labute approximate surface area is 189 Å². The molecule has 1 aromatic heterocycles. The van der Waals surface area contributed by atoms with Crippen LogP contribution in [0.1, 0.15) is 36.5 Å². The number of nitrogens with one attached hydrogen (secondary N) is 1. The van der Waals surface area contributed by atoms with Crippen molar-refractivity contribution < 1.29 is 8.42 Å². The van der Waals surface area contributed by atoms with Gasteiger partial charge in [0.1, 0.15) is 0 Å². The minimum atomic E-state index is -3.64. The highest BCUT2D eigenvalue weighted by Gasteiger charge is 2.17. The molecule has 1 N–H and O–H groups in total. The summed E-state index contributed by atoms with van der Waals surface area (Å²) in [7, 11) is -3.64. The molecule has 4 rings (SSSR count). The Morgan fingerprint density at radius 1 is 0.875 bits per heavy atom. The molecule has 0 aliphatic rings. The van der Waals surface area contributed by atoms with Crippen LogP contribution >= 0.6 is 0 Å². The third-order valence-corrected chi connectivity index (χ3v) is 6.80. The minimum Gasteiger partial charge on any atom is -0.267 e. The van der Waals surface area contributed by atoms with Gasteiger partial charge in [0.05, 0.1) is 17.1 Å². The molecule has 0 spiro atoms. The van der Waals surface area contributed by atoms with Crippen molar-refractivity contribution in [2.24, 2.45) is 0 Å². The van der Waals surface area contributed by atoms with Crippen molar-refractivity contribution >= 4 is 10.0 Å². The summed E-state index contributed by atoms with van der Waals surface area (Å²) in [5, 5.41) is 4.76. The van der Waals surface area contributed by atoms with E-state index in [1.165, 1.54) is 0 Å². The molecule has 0 atom stereocenters. The zero-order chi connectivity index (χ0) is 22.6. The first-order valence-corrected chi connectivity index (χ1v) is 12.2. The molecular formula is C26H27N3O2S. The lowest BCUT2D eigenvalue weighted by molar-refractivity contribution is 0.581. The summed E-state index contributed by atoms with van der Waals surface area (Å²) in [5.74, 6) is 0.351. The van der Waals surface area contributed by atoms with E-state index in [0.717, 1.165) is 27.9 Å². The lowest BCUT2D eigenvalue weighted by Crippen LogP contribution is -2.23.